The Labute approximate surface area is 194 Å². The Morgan fingerprint density at radius 2 is 0.968 bits per heavy atom. The second kappa shape index (κ2) is 15.5. The predicted octanol–water partition coefficient (Wildman–Crippen LogP) is 7.97. The molecule has 0 aliphatic heterocycles. The Morgan fingerprint density at radius 1 is 0.677 bits per heavy atom. The third-order valence-corrected chi connectivity index (χ3v) is 6.37. The molecule has 0 N–H and O–H groups in total. The summed E-state index contributed by atoms with van der Waals surface area (Å²) in [4.78, 5) is 33.8. The number of carbonyl (C=O) groups is 3. The van der Waals surface area contributed by atoms with Gasteiger partial charge in [0.05, 0.1) is 6.42 Å². The van der Waals surface area contributed by atoms with Crippen LogP contribution in [0.25, 0.3) is 0 Å². The van der Waals surface area contributed by atoms with Crippen molar-refractivity contribution < 1.29 is 14.4 Å². The third-order valence-electron chi connectivity index (χ3n) is 6.37. The van der Waals surface area contributed by atoms with Gasteiger partial charge in [0, 0.05) is 24.7 Å². The zero-order valence-electron chi connectivity index (χ0n) is 22.0. The molecule has 0 unspecified atom stereocenters. The summed E-state index contributed by atoms with van der Waals surface area (Å²) in [5, 5.41) is 0. The van der Waals surface area contributed by atoms with Crippen LogP contribution in [0.5, 0.6) is 0 Å². The molecule has 0 radical (unpaired) electrons. The number of Topliss-reactive ketones (excluding diaryl/α,β-unsaturated/α-hetero) is 3. The molecule has 0 bridgehead atoms. The molecule has 1 aliphatic carbocycles. The molecule has 1 fully saturated rings. The predicted molar refractivity (Wildman–Crippen MR) is 136 cm³/mol. The molecule has 0 heterocycles. The van der Waals surface area contributed by atoms with E-state index in [1.807, 2.05) is 27.7 Å². The maximum atomic E-state index is 11.5. The Bertz CT molecular complexity index is 493. The summed E-state index contributed by atoms with van der Waals surface area (Å²) in [6.45, 7) is 28.9. The van der Waals surface area contributed by atoms with E-state index in [2.05, 4.69) is 62.0 Å². The molecule has 0 aromatic rings. The van der Waals surface area contributed by atoms with Crippen LogP contribution in [0.4, 0.5) is 0 Å². The molecule has 31 heavy (non-hydrogen) atoms. The van der Waals surface area contributed by atoms with Crippen molar-refractivity contribution in [1.82, 2.24) is 0 Å². The average Bonchev–Trinajstić information content (AvgIpc) is 2.59. The van der Waals surface area contributed by atoms with Crippen LogP contribution in [0, 0.1) is 40.9 Å². The van der Waals surface area contributed by atoms with Crippen molar-refractivity contribution >= 4 is 17.3 Å². The van der Waals surface area contributed by atoms with Crippen molar-refractivity contribution in [3.05, 3.63) is 12.2 Å². The fraction of sp³-hybridized carbons (Fsp3) is 0.821. The van der Waals surface area contributed by atoms with Gasteiger partial charge in [-0.2, -0.15) is 0 Å². The summed E-state index contributed by atoms with van der Waals surface area (Å²) in [6.07, 6.45) is 1.35. The smallest absolute Gasteiger partial charge is 0.140 e. The fourth-order valence-electron chi connectivity index (χ4n) is 3.96. The Kier molecular flexibility index (Phi) is 17.2. The number of rotatable bonds is 6. The van der Waals surface area contributed by atoms with Gasteiger partial charge >= 0.3 is 0 Å². The van der Waals surface area contributed by atoms with E-state index in [4.69, 9.17) is 0 Å². The first-order valence-electron chi connectivity index (χ1n) is 11.7. The minimum atomic E-state index is -0.0770. The highest BCUT2D eigenvalue weighted by Crippen LogP contribution is 2.45. The van der Waals surface area contributed by atoms with Gasteiger partial charge in [-0.15, -0.1) is 0 Å². The molecule has 1 rings (SSSR count). The lowest BCUT2D eigenvalue weighted by molar-refractivity contribution is -0.137. The Hall–Kier alpha value is -1.25. The molecule has 0 amide bonds. The minimum absolute atomic E-state index is 0. The zero-order valence-corrected chi connectivity index (χ0v) is 22.0. The molecule has 1 saturated carbocycles. The second-order valence-electron chi connectivity index (χ2n) is 10.7. The highest BCUT2D eigenvalue weighted by atomic mass is 16.1. The van der Waals surface area contributed by atoms with Gasteiger partial charge in [-0.3, -0.25) is 14.4 Å². The Balaban J connectivity index is -0.000000401. The number of hydrogen-bond acceptors (Lipinski definition) is 3. The highest BCUT2D eigenvalue weighted by molar-refractivity contribution is 6.02. The molecule has 0 saturated heterocycles. The lowest BCUT2D eigenvalue weighted by atomic mass is 9.60. The molecule has 0 atom stereocenters. The van der Waals surface area contributed by atoms with Crippen molar-refractivity contribution in [2.75, 3.05) is 0 Å². The average molecular weight is 439 g/mol. The standard InChI is InChI=1S/C12H20O2.C8H16.C7H14O.CH4/c1-8(2)12(9(3)4)6-10(13)5-11(14)7-12;1-6(2)8(5)7(3)4;1-5(2)7(8)6(3)4;/h8-9H,5-7H2,1-4H3;6-7H,5H2,1-4H3;5-6H,1-4H3;1H4. The maximum Gasteiger partial charge on any atom is 0.140 e. The van der Waals surface area contributed by atoms with Gasteiger partial charge in [0.1, 0.15) is 17.3 Å². The van der Waals surface area contributed by atoms with Crippen LogP contribution in [0.3, 0.4) is 0 Å². The van der Waals surface area contributed by atoms with E-state index >= 15 is 0 Å². The van der Waals surface area contributed by atoms with Gasteiger partial charge < -0.3 is 0 Å². The van der Waals surface area contributed by atoms with Crippen molar-refractivity contribution in [2.24, 2.45) is 40.9 Å². The highest BCUT2D eigenvalue weighted by Gasteiger charge is 2.43. The summed E-state index contributed by atoms with van der Waals surface area (Å²) in [5.41, 5.74) is 1.27. The van der Waals surface area contributed by atoms with Gasteiger partial charge in [0.2, 0.25) is 0 Å². The SMILES string of the molecule is C.C=C(C(C)C)C(C)C.CC(C)C(=O)C(C)C.CC(C)C1(C(C)C)CC(=O)CC(=O)C1. The van der Waals surface area contributed by atoms with Crippen LogP contribution in [0.1, 0.15) is 110 Å². The summed E-state index contributed by atoms with van der Waals surface area (Å²) in [6, 6.07) is 0. The molecular formula is C28H54O3. The van der Waals surface area contributed by atoms with E-state index in [0.717, 1.165) is 0 Å². The molecule has 1 aliphatic rings. The molecule has 0 aromatic carbocycles. The number of allylic oxidation sites excluding steroid dienone is 1. The molecular weight excluding hydrogens is 384 g/mol. The van der Waals surface area contributed by atoms with Crippen LogP contribution in [-0.2, 0) is 14.4 Å². The molecule has 3 heteroatoms. The van der Waals surface area contributed by atoms with Crippen LogP contribution in [0.15, 0.2) is 12.2 Å². The quantitative estimate of drug-likeness (QED) is 0.312. The first kappa shape index (κ1) is 34.4. The van der Waals surface area contributed by atoms with E-state index in [9.17, 15) is 14.4 Å². The summed E-state index contributed by atoms with van der Waals surface area (Å²) < 4.78 is 0. The lowest BCUT2D eigenvalue weighted by Crippen LogP contribution is -2.41. The number of ketones is 3. The third kappa shape index (κ3) is 12.4. The second-order valence-corrected chi connectivity index (χ2v) is 10.7. The largest absolute Gasteiger partial charge is 0.299 e. The zero-order chi connectivity index (χ0) is 24.4. The molecule has 0 spiro atoms. The summed E-state index contributed by atoms with van der Waals surface area (Å²) in [7, 11) is 0. The van der Waals surface area contributed by atoms with Crippen molar-refractivity contribution in [3.63, 3.8) is 0 Å². The van der Waals surface area contributed by atoms with E-state index in [0.29, 0.717) is 42.3 Å². The molecule has 0 aromatic heterocycles. The van der Waals surface area contributed by atoms with Gasteiger partial charge in [0.15, 0.2) is 0 Å². The molecule has 3 nitrogen and oxygen atoms in total. The van der Waals surface area contributed by atoms with Gasteiger partial charge in [-0.25, -0.2) is 0 Å². The van der Waals surface area contributed by atoms with Gasteiger partial charge in [0.25, 0.3) is 0 Å². The van der Waals surface area contributed by atoms with Crippen molar-refractivity contribution in [1.29, 1.82) is 0 Å². The maximum absolute atomic E-state index is 11.5. The summed E-state index contributed by atoms with van der Waals surface area (Å²) in [5.74, 6) is 3.11. The summed E-state index contributed by atoms with van der Waals surface area (Å²) >= 11 is 0. The van der Waals surface area contributed by atoms with Crippen LogP contribution >= 0.6 is 0 Å². The van der Waals surface area contributed by atoms with Crippen LogP contribution < -0.4 is 0 Å². The van der Waals surface area contributed by atoms with Crippen molar-refractivity contribution in [3.8, 4) is 0 Å². The molecule has 184 valence electrons. The topological polar surface area (TPSA) is 51.2 Å². The van der Waals surface area contributed by atoms with Gasteiger partial charge in [-0.1, -0.05) is 103 Å². The lowest BCUT2D eigenvalue weighted by Gasteiger charge is -2.43. The number of carbonyl (C=O) groups excluding carboxylic acids is 3. The van der Waals surface area contributed by atoms with Crippen LogP contribution in [-0.4, -0.2) is 17.3 Å². The normalized spacial score (nSPS) is 15.5. The van der Waals surface area contributed by atoms with Crippen LogP contribution in [0.2, 0.25) is 0 Å². The number of hydrogen-bond donors (Lipinski definition) is 0. The first-order valence-corrected chi connectivity index (χ1v) is 11.7. The van der Waals surface area contributed by atoms with E-state index in [1.54, 1.807) is 0 Å². The van der Waals surface area contributed by atoms with E-state index in [1.165, 1.54) is 5.57 Å². The van der Waals surface area contributed by atoms with Gasteiger partial charge in [-0.05, 0) is 29.1 Å². The van der Waals surface area contributed by atoms with E-state index < -0.39 is 0 Å². The van der Waals surface area contributed by atoms with Crippen molar-refractivity contribution in [2.45, 2.75) is 110 Å². The fourth-order valence-corrected chi connectivity index (χ4v) is 3.96. The first-order chi connectivity index (χ1) is 13.5. The minimum Gasteiger partial charge on any atom is -0.299 e. The monoisotopic (exact) mass is 438 g/mol. The Morgan fingerprint density at radius 3 is 1.10 bits per heavy atom. The van der Waals surface area contributed by atoms with E-state index in [-0.39, 0.29) is 42.7 Å².